The van der Waals surface area contributed by atoms with Crippen LogP contribution in [-0.2, 0) is 23.9 Å². The van der Waals surface area contributed by atoms with Crippen LogP contribution >= 0.6 is 11.3 Å². The number of carbonyl (C=O) groups excluding carboxylic acids is 2. The van der Waals surface area contributed by atoms with Crippen LogP contribution in [0.5, 0.6) is 0 Å². The number of carboxylic acids is 1. The van der Waals surface area contributed by atoms with Gasteiger partial charge in [-0.15, -0.1) is 11.3 Å². The molecule has 1 aliphatic rings. The normalized spacial score (nSPS) is 20.4. The highest BCUT2D eigenvalue weighted by molar-refractivity contribution is 7.13. The first kappa shape index (κ1) is 23.0. The van der Waals surface area contributed by atoms with Crippen molar-refractivity contribution < 1.29 is 34.0 Å². The first-order chi connectivity index (χ1) is 13.5. The lowest BCUT2D eigenvalue weighted by Crippen LogP contribution is -2.38. The first-order valence-electron chi connectivity index (χ1n) is 9.06. The highest BCUT2D eigenvalue weighted by Gasteiger charge is 2.38. The van der Waals surface area contributed by atoms with E-state index in [1.165, 1.54) is 26.2 Å². The minimum Gasteiger partial charge on any atom is -0.478 e. The van der Waals surface area contributed by atoms with Crippen molar-refractivity contribution in [3.63, 3.8) is 0 Å². The number of aromatic nitrogens is 1. The largest absolute Gasteiger partial charge is 0.478 e. The highest BCUT2D eigenvalue weighted by Crippen LogP contribution is 2.31. The summed E-state index contributed by atoms with van der Waals surface area (Å²) in [4.78, 5) is 44.4. The Balaban J connectivity index is 2.14. The fourth-order valence-corrected chi connectivity index (χ4v) is 3.31. The van der Waals surface area contributed by atoms with Gasteiger partial charge in [-0.1, -0.05) is 5.16 Å². The Hall–Kier alpha value is -2.31. The van der Waals surface area contributed by atoms with Crippen molar-refractivity contribution in [1.29, 1.82) is 0 Å². The van der Waals surface area contributed by atoms with E-state index in [1.807, 2.05) is 0 Å². The summed E-state index contributed by atoms with van der Waals surface area (Å²) in [6, 6.07) is 0. The molecule has 1 aliphatic heterocycles. The molecule has 0 saturated carbocycles. The van der Waals surface area contributed by atoms with Crippen LogP contribution in [0.2, 0.25) is 5.82 Å². The second kappa shape index (κ2) is 9.46. The van der Waals surface area contributed by atoms with Gasteiger partial charge in [0.1, 0.15) is 11.5 Å². The molecule has 29 heavy (non-hydrogen) atoms. The number of carbonyl (C=O) groups is 3. The summed E-state index contributed by atoms with van der Waals surface area (Å²) in [5.74, 6) is -2.28. The van der Waals surface area contributed by atoms with Gasteiger partial charge in [0.05, 0.1) is 0 Å². The molecular formula is C17H24BN3O7S. The van der Waals surface area contributed by atoms with Crippen molar-refractivity contribution in [2.24, 2.45) is 5.16 Å². The summed E-state index contributed by atoms with van der Waals surface area (Å²) < 4.78 is 5.45. The number of anilines is 1. The Morgan fingerprint density at radius 1 is 1.41 bits per heavy atom. The molecule has 0 bridgehead atoms. The van der Waals surface area contributed by atoms with Gasteiger partial charge in [0.25, 0.3) is 0 Å². The molecule has 0 aliphatic carbocycles. The number of Topliss-reactive ketones (excluding diaryl/α,β-unsaturated/α-hetero) is 2. The number of thiazole rings is 1. The van der Waals surface area contributed by atoms with E-state index >= 15 is 0 Å². The molecule has 2 rings (SSSR count). The summed E-state index contributed by atoms with van der Waals surface area (Å²) in [6.07, 6.45) is 0.744. The van der Waals surface area contributed by atoms with Crippen molar-refractivity contribution in [1.82, 2.24) is 4.98 Å². The number of rotatable bonds is 9. The average molecular weight is 425 g/mol. The Morgan fingerprint density at radius 2 is 2.10 bits per heavy atom. The predicted octanol–water partition coefficient (Wildman–Crippen LogP) is 1.28. The third-order valence-electron chi connectivity index (χ3n) is 4.47. The molecule has 4 N–H and O–H groups in total. The van der Waals surface area contributed by atoms with Crippen molar-refractivity contribution in [3.8, 4) is 0 Å². The standard InChI is InChI=1S/C17H24BN3O7S/c1-9(22)6-11-5-4-10(18(26)27-11)7-13(23)14(12-8-29-16(19)20-12)21-28-17(2,3)15(24)25/h8,10-11,26H,4-7H2,1-3H3,(H2,19,20)(H,24,25)/b21-14+/t10-,11+/m1/s1. The minimum absolute atomic E-state index is 0.0366. The summed E-state index contributed by atoms with van der Waals surface area (Å²) in [5, 5.41) is 24.9. The average Bonchev–Trinajstić information content (AvgIpc) is 3.03. The van der Waals surface area contributed by atoms with E-state index < -0.39 is 30.3 Å². The maximum atomic E-state index is 12.9. The number of hydrogen-bond acceptors (Lipinski definition) is 10. The van der Waals surface area contributed by atoms with Gasteiger partial charge in [-0.2, -0.15) is 0 Å². The molecule has 0 unspecified atom stereocenters. The summed E-state index contributed by atoms with van der Waals surface area (Å²) in [5.41, 5.74) is 3.96. The molecule has 158 valence electrons. The van der Waals surface area contributed by atoms with Gasteiger partial charge in [-0.3, -0.25) is 9.59 Å². The van der Waals surface area contributed by atoms with E-state index in [0.29, 0.717) is 12.8 Å². The third-order valence-corrected chi connectivity index (χ3v) is 5.14. The second-order valence-corrected chi connectivity index (χ2v) is 8.33. The molecule has 10 nitrogen and oxygen atoms in total. The predicted molar refractivity (Wildman–Crippen MR) is 107 cm³/mol. The van der Waals surface area contributed by atoms with Crippen LogP contribution in [0.3, 0.4) is 0 Å². The van der Waals surface area contributed by atoms with Crippen LogP contribution in [0.25, 0.3) is 0 Å². The lowest BCUT2D eigenvalue weighted by atomic mass is 9.64. The van der Waals surface area contributed by atoms with E-state index in [0.717, 1.165) is 11.3 Å². The summed E-state index contributed by atoms with van der Waals surface area (Å²) in [7, 11) is -1.20. The number of aliphatic carboxylic acids is 1. The lowest BCUT2D eigenvalue weighted by molar-refractivity contribution is -0.161. The fraction of sp³-hybridized carbons (Fsp3) is 0.588. The van der Waals surface area contributed by atoms with Gasteiger partial charge in [-0.05, 0) is 33.6 Å². The van der Waals surface area contributed by atoms with Crippen molar-refractivity contribution in [2.75, 3.05) is 5.73 Å². The van der Waals surface area contributed by atoms with Gasteiger partial charge in [0.2, 0.25) is 5.60 Å². The molecule has 2 atom stereocenters. The molecule has 0 radical (unpaired) electrons. The number of ketones is 2. The molecule has 1 aromatic heterocycles. The maximum Gasteiger partial charge on any atom is 0.458 e. The first-order valence-corrected chi connectivity index (χ1v) is 9.94. The zero-order valence-electron chi connectivity index (χ0n) is 16.5. The Bertz CT molecular complexity index is 811. The SMILES string of the molecule is CC(=O)C[C@@H]1CC[C@H](CC(=O)/C(=N/OC(C)(C)C(=O)O)c2csc(N)n2)B(O)O1. The van der Waals surface area contributed by atoms with Crippen LogP contribution in [0.1, 0.15) is 52.1 Å². The second-order valence-electron chi connectivity index (χ2n) is 7.44. The fourth-order valence-electron chi connectivity index (χ4n) is 2.76. The minimum atomic E-state index is -1.65. The van der Waals surface area contributed by atoms with Crippen LogP contribution in [0, 0.1) is 0 Å². The molecule has 0 amide bonds. The molecule has 0 spiro atoms. The number of nitrogens with two attached hydrogens (primary N) is 1. The number of nitrogens with zero attached hydrogens (tertiary/aromatic N) is 2. The molecule has 2 heterocycles. The Kier molecular flexibility index (Phi) is 7.50. The van der Waals surface area contributed by atoms with Crippen LogP contribution in [-0.4, -0.2) is 57.2 Å². The van der Waals surface area contributed by atoms with E-state index in [1.54, 1.807) is 0 Å². The Morgan fingerprint density at radius 3 is 2.62 bits per heavy atom. The third kappa shape index (κ3) is 6.34. The summed E-state index contributed by atoms with van der Waals surface area (Å²) >= 11 is 1.10. The molecule has 0 aromatic carbocycles. The lowest BCUT2D eigenvalue weighted by Gasteiger charge is -2.30. The molecule has 1 aromatic rings. The molecular weight excluding hydrogens is 401 g/mol. The van der Waals surface area contributed by atoms with E-state index in [9.17, 15) is 19.4 Å². The van der Waals surface area contributed by atoms with Gasteiger partial charge in [-0.25, -0.2) is 9.78 Å². The number of oxime groups is 1. The smallest absolute Gasteiger partial charge is 0.458 e. The van der Waals surface area contributed by atoms with Crippen molar-refractivity contribution >= 4 is 46.8 Å². The molecule has 1 fully saturated rings. The topological polar surface area (TPSA) is 161 Å². The van der Waals surface area contributed by atoms with Gasteiger partial charge < -0.3 is 25.4 Å². The quantitative estimate of drug-likeness (QED) is 0.301. The van der Waals surface area contributed by atoms with Crippen LogP contribution in [0.4, 0.5) is 5.13 Å². The monoisotopic (exact) mass is 425 g/mol. The maximum absolute atomic E-state index is 12.9. The van der Waals surface area contributed by atoms with E-state index in [-0.39, 0.29) is 41.3 Å². The van der Waals surface area contributed by atoms with E-state index in [2.05, 4.69) is 10.1 Å². The summed E-state index contributed by atoms with van der Waals surface area (Å²) in [6.45, 7) is 4.04. The van der Waals surface area contributed by atoms with Crippen molar-refractivity contribution in [3.05, 3.63) is 11.1 Å². The molecule has 1 saturated heterocycles. The zero-order valence-corrected chi connectivity index (χ0v) is 17.3. The number of hydrogen-bond donors (Lipinski definition) is 3. The molecule has 12 heteroatoms. The Labute approximate surface area is 172 Å². The van der Waals surface area contributed by atoms with Crippen molar-refractivity contribution in [2.45, 2.75) is 64.0 Å². The zero-order chi connectivity index (χ0) is 21.8. The van der Waals surface area contributed by atoms with Crippen LogP contribution in [0.15, 0.2) is 10.5 Å². The number of nitrogen functional groups attached to an aromatic ring is 1. The van der Waals surface area contributed by atoms with E-state index in [4.69, 9.17) is 20.3 Å². The number of carboxylic acid groups (broad SMARTS) is 1. The van der Waals surface area contributed by atoms with Gasteiger partial charge >= 0.3 is 13.1 Å². The van der Waals surface area contributed by atoms with Crippen LogP contribution < -0.4 is 5.73 Å². The highest BCUT2D eigenvalue weighted by atomic mass is 32.1. The van der Waals surface area contributed by atoms with Gasteiger partial charge in [0.15, 0.2) is 16.6 Å². The van der Waals surface area contributed by atoms with Gasteiger partial charge in [0, 0.05) is 30.1 Å².